The van der Waals surface area contributed by atoms with Gasteiger partial charge in [0.25, 0.3) is 0 Å². The minimum Gasteiger partial charge on any atom is -0.492 e. The molecule has 1 saturated heterocycles. The van der Waals surface area contributed by atoms with Crippen molar-refractivity contribution in [2.45, 2.75) is 6.04 Å². The number of aliphatic hydroxyl groups is 1. The van der Waals surface area contributed by atoms with Gasteiger partial charge in [0.05, 0.1) is 6.61 Å². The Hall–Kier alpha value is -2.00. The minimum atomic E-state index is 0.0744. The molecule has 0 aliphatic carbocycles. The SMILES string of the molecule is OCC[NH+]1CC[NH+]([C@@H](c2ccccc2)c2sc3ncnn3c2O)CC1. The number of aromatic nitrogens is 3. The summed E-state index contributed by atoms with van der Waals surface area (Å²) in [5, 5.41) is 24.0. The van der Waals surface area contributed by atoms with Gasteiger partial charge in [-0.3, -0.25) is 0 Å². The highest BCUT2D eigenvalue weighted by atomic mass is 32.1. The molecule has 7 nitrogen and oxygen atoms in total. The summed E-state index contributed by atoms with van der Waals surface area (Å²) in [6.07, 6.45) is 1.47. The molecule has 3 heterocycles. The smallest absolute Gasteiger partial charge is 0.235 e. The third kappa shape index (κ3) is 3.13. The molecule has 4 rings (SSSR count). The van der Waals surface area contributed by atoms with Gasteiger partial charge in [-0.1, -0.05) is 41.7 Å². The van der Waals surface area contributed by atoms with Crippen molar-refractivity contribution < 1.29 is 20.0 Å². The van der Waals surface area contributed by atoms with Gasteiger partial charge in [0.2, 0.25) is 10.8 Å². The fourth-order valence-corrected chi connectivity index (χ4v) is 4.84. The molecular weight excluding hydrogens is 338 g/mol. The van der Waals surface area contributed by atoms with Crippen molar-refractivity contribution in [2.75, 3.05) is 39.3 Å². The van der Waals surface area contributed by atoms with Crippen molar-refractivity contribution in [1.82, 2.24) is 14.6 Å². The van der Waals surface area contributed by atoms with Crippen LogP contribution in [0.25, 0.3) is 4.96 Å². The first kappa shape index (κ1) is 16.5. The molecule has 8 heteroatoms. The maximum atomic E-state index is 10.7. The zero-order valence-corrected chi connectivity index (χ0v) is 14.7. The quantitative estimate of drug-likeness (QED) is 0.440. The zero-order chi connectivity index (χ0) is 17.2. The van der Waals surface area contributed by atoms with Crippen molar-refractivity contribution in [1.29, 1.82) is 0 Å². The Morgan fingerprint density at radius 2 is 1.92 bits per heavy atom. The van der Waals surface area contributed by atoms with Gasteiger partial charge in [-0.15, -0.1) is 0 Å². The third-order valence-corrected chi connectivity index (χ3v) is 6.11. The number of aromatic hydroxyl groups is 1. The van der Waals surface area contributed by atoms with Gasteiger partial charge in [-0.2, -0.15) is 9.61 Å². The van der Waals surface area contributed by atoms with Crippen LogP contribution in [0.1, 0.15) is 16.5 Å². The van der Waals surface area contributed by atoms with Gasteiger partial charge in [0.1, 0.15) is 43.9 Å². The van der Waals surface area contributed by atoms with Crippen molar-refractivity contribution in [2.24, 2.45) is 0 Å². The van der Waals surface area contributed by atoms with Gasteiger partial charge >= 0.3 is 0 Å². The van der Waals surface area contributed by atoms with Gasteiger partial charge in [0.15, 0.2) is 6.04 Å². The van der Waals surface area contributed by atoms with E-state index in [-0.39, 0.29) is 18.5 Å². The number of nitrogens with zero attached hydrogens (tertiary/aromatic N) is 3. The predicted molar refractivity (Wildman–Crippen MR) is 94.2 cm³/mol. The molecule has 0 unspecified atom stereocenters. The number of hydrogen-bond acceptors (Lipinski definition) is 5. The molecule has 3 aromatic rings. The van der Waals surface area contributed by atoms with E-state index >= 15 is 0 Å². The van der Waals surface area contributed by atoms with Crippen LogP contribution in [0.4, 0.5) is 0 Å². The predicted octanol–water partition coefficient (Wildman–Crippen LogP) is -1.64. The van der Waals surface area contributed by atoms with Crippen molar-refractivity contribution in [3.8, 4) is 5.88 Å². The maximum Gasteiger partial charge on any atom is 0.235 e. The molecule has 1 aliphatic rings. The van der Waals surface area contributed by atoms with Gasteiger partial charge in [-0.05, 0) is 0 Å². The molecule has 1 aliphatic heterocycles. The van der Waals surface area contributed by atoms with E-state index in [0.717, 1.165) is 42.6 Å². The fourth-order valence-electron chi connectivity index (χ4n) is 3.72. The summed E-state index contributed by atoms with van der Waals surface area (Å²) in [4.78, 5) is 8.75. The summed E-state index contributed by atoms with van der Waals surface area (Å²) in [7, 11) is 0. The van der Waals surface area contributed by atoms with Crippen LogP contribution in [-0.4, -0.2) is 64.1 Å². The summed E-state index contributed by atoms with van der Waals surface area (Å²) in [5.41, 5.74) is 1.20. The number of thiazole rings is 1. The lowest BCUT2D eigenvalue weighted by molar-refractivity contribution is -1.02. The summed E-state index contributed by atoms with van der Waals surface area (Å²) in [6.45, 7) is 5.11. The number of quaternary nitrogens is 2. The Labute approximate surface area is 149 Å². The number of piperazine rings is 1. The normalized spacial score (nSPS) is 22.3. The van der Waals surface area contributed by atoms with Crippen molar-refractivity contribution >= 4 is 16.3 Å². The lowest BCUT2D eigenvalue weighted by Gasteiger charge is -2.34. The first-order chi connectivity index (χ1) is 12.3. The Balaban J connectivity index is 1.68. The zero-order valence-electron chi connectivity index (χ0n) is 13.9. The Morgan fingerprint density at radius 1 is 1.16 bits per heavy atom. The number of nitrogens with one attached hydrogen (secondary N) is 2. The first-order valence-electron chi connectivity index (χ1n) is 8.63. The molecule has 4 N–H and O–H groups in total. The largest absolute Gasteiger partial charge is 0.492 e. The van der Waals surface area contributed by atoms with E-state index in [4.69, 9.17) is 5.11 Å². The van der Waals surface area contributed by atoms with Crippen LogP contribution in [0.5, 0.6) is 5.88 Å². The monoisotopic (exact) mass is 361 g/mol. The van der Waals surface area contributed by atoms with Crippen molar-refractivity contribution in [3.63, 3.8) is 0 Å². The standard InChI is InChI=1S/C17H21N5O2S/c23-11-10-20-6-8-21(9-7-20)14(13-4-2-1-3-5-13)15-16(24)22-17(25-15)18-12-19-22/h1-5,12,14,23-24H,6-11H2/p+2/t14-/m0/s1. The third-order valence-electron chi connectivity index (χ3n) is 5.01. The summed E-state index contributed by atoms with van der Waals surface area (Å²) >= 11 is 1.51. The van der Waals surface area contributed by atoms with E-state index in [1.165, 1.54) is 37.5 Å². The number of fused-ring (bicyclic) bond motifs is 1. The molecule has 25 heavy (non-hydrogen) atoms. The molecule has 1 fully saturated rings. The van der Waals surface area contributed by atoms with Crippen molar-refractivity contribution in [3.05, 3.63) is 47.1 Å². The second kappa shape index (κ2) is 7.09. The first-order valence-corrected chi connectivity index (χ1v) is 9.45. The molecule has 1 aromatic carbocycles. The van der Waals surface area contributed by atoms with Crippen LogP contribution in [0.3, 0.4) is 0 Å². The molecule has 0 spiro atoms. The van der Waals surface area contributed by atoms with E-state index in [0.29, 0.717) is 0 Å². The topological polar surface area (TPSA) is 79.5 Å². The number of aliphatic hydroxyl groups excluding tert-OH is 1. The second-order valence-electron chi connectivity index (χ2n) is 6.47. The van der Waals surface area contributed by atoms with Crippen LogP contribution >= 0.6 is 11.3 Å². The molecule has 1 atom stereocenters. The average Bonchev–Trinajstić information content (AvgIpc) is 3.22. The Bertz CT molecular complexity index is 826. The molecular formula is C17H23N5O2S+2. The van der Waals surface area contributed by atoms with Gasteiger partial charge < -0.3 is 20.0 Å². The minimum absolute atomic E-state index is 0.0744. The molecule has 2 aromatic heterocycles. The molecule has 0 bridgehead atoms. The highest BCUT2D eigenvalue weighted by Gasteiger charge is 2.35. The van der Waals surface area contributed by atoms with Crippen LogP contribution < -0.4 is 9.80 Å². The van der Waals surface area contributed by atoms with Gasteiger partial charge in [0, 0.05) is 5.56 Å². The Morgan fingerprint density at radius 3 is 2.60 bits per heavy atom. The van der Waals surface area contributed by atoms with Crippen LogP contribution in [0, 0.1) is 0 Å². The average molecular weight is 361 g/mol. The molecule has 0 amide bonds. The molecule has 0 saturated carbocycles. The van der Waals surface area contributed by atoms with Crippen LogP contribution in [0.2, 0.25) is 0 Å². The second-order valence-corrected chi connectivity index (χ2v) is 7.48. The summed E-state index contributed by atoms with van der Waals surface area (Å²) in [6, 6.07) is 10.4. The van der Waals surface area contributed by atoms with E-state index in [9.17, 15) is 5.11 Å². The number of rotatable bonds is 5. The number of benzene rings is 1. The Kier molecular flexibility index (Phi) is 4.67. The summed E-state index contributed by atoms with van der Waals surface area (Å²) in [5.74, 6) is 0.198. The fraction of sp³-hybridized carbons (Fsp3) is 0.412. The lowest BCUT2D eigenvalue weighted by Crippen LogP contribution is -3.28. The number of hydrogen-bond donors (Lipinski definition) is 4. The van der Waals surface area contributed by atoms with E-state index < -0.39 is 0 Å². The highest BCUT2D eigenvalue weighted by Crippen LogP contribution is 2.34. The van der Waals surface area contributed by atoms with E-state index in [1.54, 1.807) is 0 Å². The van der Waals surface area contributed by atoms with Crippen LogP contribution in [0.15, 0.2) is 36.7 Å². The molecule has 0 radical (unpaired) electrons. The van der Waals surface area contributed by atoms with E-state index in [2.05, 4.69) is 22.2 Å². The molecule has 132 valence electrons. The summed E-state index contributed by atoms with van der Waals surface area (Å²) < 4.78 is 1.52. The maximum absolute atomic E-state index is 10.7. The highest BCUT2D eigenvalue weighted by molar-refractivity contribution is 7.17. The van der Waals surface area contributed by atoms with Gasteiger partial charge in [-0.25, -0.2) is 4.98 Å². The van der Waals surface area contributed by atoms with Crippen LogP contribution in [-0.2, 0) is 0 Å². The van der Waals surface area contributed by atoms with E-state index in [1.807, 2.05) is 18.2 Å². The lowest BCUT2D eigenvalue weighted by atomic mass is 10.0.